The van der Waals surface area contributed by atoms with Crippen molar-refractivity contribution in [3.8, 4) is 0 Å². The Hall–Kier alpha value is -2.17. The van der Waals surface area contributed by atoms with Crippen molar-refractivity contribution in [3.05, 3.63) is 106 Å². The summed E-state index contributed by atoms with van der Waals surface area (Å²) in [6.45, 7) is 8.92. The molecular formula is C27H29P. The third-order valence-corrected chi connectivity index (χ3v) is 7.54. The predicted octanol–water partition coefficient (Wildman–Crippen LogP) is 7.71. The van der Waals surface area contributed by atoms with Gasteiger partial charge in [0.25, 0.3) is 0 Å². The van der Waals surface area contributed by atoms with Gasteiger partial charge in [0.15, 0.2) is 0 Å². The van der Waals surface area contributed by atoms with Gasteiger partial charge in [-0.2, -0.15) is 0 Å². The molecule has 0 bridgehead atoms. The van der Waals surface area contributed by atoms with Crippen molar-refractivity contribution in [2.24, 2.45) is 0 Å². The molecule has 0 aliphatic carbocycles. The van der Waals surface area contributed by atoms with Crippen LogP contribution in [-0.2, 0) is 0 Å². The summed E-state index contributed by atoms with van der Waals surface area (Å²) in [4.78, 5) is 0. The highest BCUT2D eigenvalue weighted by atomic mass is 31.1. The molecule has 3 aromatic rings. The van der Waals surface area contributed by atoms with Crippen LogP contribution in [0, 0.1) is 27.7 Å². The zero-order chi connectivity index (χ0) is 19.7. The first-order valence-corrected chi connectivity index (χ1v) is 11.2. The summed E-state index contributed by atoms with van der Waals surface area (Å²) in [5.41, 5.74) is 10.6. The van der Waals surface area contributed by atoms with Crippen LogP contribution in [0.25, 0.3) is 0 Å². The van der Waals surface area contributed by atoms with E-state index in [1.807, 2.05) is 0 Å². The molecule has 0 saturated carbocycles. The number of aryl methyl sites for hydroxylation is 4. The number of hydrogen-bond donors (Lipinski definition) is 0. The third-order valence-electron chi connectivity index (χ3n) is 6.01. The number of benzene rings is 3. The zero-order valence-electron chi connectivity index (χ0n) is 17.4. The molecule has 0 nitrogen and oxygen atoms in total. The molecule has 0 fully saturated rings. The minimum Gasteiger partial charge on any atom is -0.0920 e. The molecule has 142 valence electrons. The van der Waals surface area contributed by atoms with Crippen LogP contribution in [0.15, 0.2) is 66.7 Å². The minimum atomic E-state index is 0.565. The highest BCUT2D eigenvalue weighted by molar-refractivity contribution is 7.42. The van der Waals surface area contributed by atoms with Crippen LogP contribution in [-0.4, -0.2) is 5.29 Å². The first-order valence-electron chi connectivity index (χ1n) is 10.3. The van der Waals surface area contributed by atoms with Gasteiger partial charge in [0.1, 0.15) is 0 Å². The Bertz CT molecular complexity index is 1010. The molecule has 0 saturated heterocycles. The molecule has 0 spiro atoms. The number of hydrogen-bond acceptors (Lipinski definition) is 0. The van der Waals surface area contributed by atoms with Crippen LogP contribution in [0.1, 0.15) is 63.4 Å². The maximum atomic E-state index is 2.37. The smallest absolute Gasteiger partial charge is 0.0270 e. The molecule has 2 atom stereocenters. The van der Waals surface area contributed by atoms with E-state index >= 15 is 0 Å². The van der Waals surface area contributed by atoms with E-state index in [4.69, 9.17) is 0 Å². The predicted molar refractivity (Wildman–Crippen MR) is 124 cm³/mol. The summed E-state index contributed by atoms with van der Waals surface area (Å²) in [5.74, 6) is 0.587. The Kier molecular flexibility index (Phi) is 5.51. The van der Waals surface area contributed by atoms with Crippen molar-refractivity contribution in [3.63, 3.8) is 0 Å². The van der Waals surface area contributed by atoms with Gasteiger partial charge in [-0.1, -0.05) is 86.1 Å². The van der Waals surface area contributed by atoms with E-state index in [1.165, 1.54) is 53.6 Å². The summed E-state index contributed by atoms with van der Waals surface area (Å²) < 4.78 is 0. The van der Waals surface area contributed by atoms with Gasteiger partial charge < -0.3 is 0 Å². The second kappa shape index (κ2) is 8.06. The Balaban J connectivity index is 1.79. The normalized spacial score (nSPS) is 19.9. The second-order valence-corrected chi connectivity index (χ2v) is 9.74. The number of rotatable bonds is 3. The lowest BCUT2D eigenvalue weighted by Gasteiger charge is -2.30. The fourth-order valence-electron chi connectivity index (χ4n) is 4.57. The molecule has 1 heteroatoms. The Morgan fingerprint density at radius 1 is 0.750 bits per heavy atom. The molecule has 1 aliphatic heterocycles. The topological polar surface area (TPSA) is 0 Å². The fraction of sp³-hybridized carbons (Fsp3) is 0.296. The summed E-state index contributed by atoms with van der Waals surface area (Å²) in [6.07, 6.45) is 2.39. The second-order valence-electron chi connectivity index (χ2n) is 8.32. The molecule has 0 amide bonds. The summed E-state index contributed by atoms with van der Waals surface area (Å²) >= 11 is 0. The lowest BCUT2D eigenvalue weighted by Crippen LogP contribution is -2.16. The lowest BCUT2D eigenvalue weighted by atomic mass is 9.85. The van der Waals surface area contributed by atoms with Crippen LogP contribution in [0.5, 0.6) is 0 Å². The maximum Gasteiger partial charge on any atom is 0.0270 e. The van der Waals surface area contributed by atoms with Crippen LogP contribution in [0.2, 0.25) is 0 Å². The Morgan fingerprint density at radius 2 is 1.43 bits per heavy atom. The van der Waals surface area contributed by atoms with Gasteiger partial charge >= 0.3 is 0 Å². The van der Waals surface area contributed by atoms with E-state index in [1.54, 1.807) is 5.29 Å². The van der Waals surface area contributed by atoms with Crippen molar-refractivity contribution in [1.29, 1.82) is 0 Å². The Morgan fingerprint density at radius 3 is 2.11 bits per heavy atom. The van der Waals surface area contributed by atoms with Crippen molar-refractivity contribution >= 4 is 13.5 Å². The van der Waals surface area contributed by atoms with E-state index in [0.717, 1.165) is 6.42 Å². The van der Waals surface area contributed by atoms with Crippen LogP contribution in [0.3, 0.4) is 0 Å². The van der Waals surface area contributed by atoms with Gasteiger partial charge in [-0.25, -0.2) is 0 Å². The molecule has 0 aromatic heterocycles. The molecule has 2 unspecified atom stereocenters. The van der Waals surface area contributed by atoms with Crippen LogP contribution >= 0.6 is 8.20 Å². The lowest BCUT2D eigenvalue weighted by molar-refractivity contribution is 0.630. The fourth-order valence-corrected chi connectivity index (χ4v) is 6.45. The molecule has 1 heterocycles. The molecule has 28 heavy (non-hydrogen) atoms. The van der Waals surface area contributed by atoms with Crippen LogP contribution < -0.4 is 0 Å². The minimum absolute atomic E-state index is 0.565. The van der Waals surface area contributed by atoms with E-state index < -0.39 is 0 Å². The first-order chi connectivity index (χ1) is 13.5. The molecule has 0 radical (unpaired) electrons. The molecule has 0 N–H and O–H groups in total. The van der Waals surface area contributed by atoms with E-state index in [0.29, 0.717) is 11.6 Å². The van der Waals surface area contributed by atoms with Gasteiger partial charge in [0, 0.05) is 5.66 Å². The summed E-state index contributed by atoms with van der Waals surface area (Å²) in [7, 11) is 1.48. The van der Waals surface area contributed by atoms with Crippen molar-refractivity contribution in [2.75, 3.05) is 0 Å². The standard InChI is InChI=1S/C27H29P/c1-18-10-12-24(20(3)14-18)26-16-23(22-8-6-5-7-9-22)17-27(28-26)25-13-11-19(2)15-21(25)4/h5-15,23,26H,16-17H2,1-4H3. The first kappa shape index (κ1) is 19.2. The monoisotopic (exact) mass is 384 g/mol. The van der Waals surface area contributed by atoms with Gasteiger partial charge in [0.2, 0.25) is 0 Å². The van der Waals surface area contributed by atoms with Crippen molar-refractivity contribution < 1.29 is 0 Å². The van der Waals surface area contributed by atoms with E-state index in [-0.39, 0.29) is 0 Å². The van der Waals surface area contributed by atoms with Gasteiger partial charge in [-0.05, 0) is 79.6 Å². The van der Waals surface area contributed by atoms with Gasteiger partial charge in [-0.3, -0.25) is 0 Å². The highest BCUT2D eigenvalue weighted by Gasteiger charge is 2.27. The highest BCUT2D eigenvalue weighted by Crippen LogP contribution is 2.47. The third kappa shape index (κ3) is 3.98. The Labute approximate surface area is 171 Å². The molecule has 3 aromatic carbocycles. The maximum absolute atomic E-state index is 2.37. The van der Waals surface area contributed by atoms with E-state index in [9.17, 15) is 0 Å². The van der Waals surface area contributed by atoms with E-state index in [2.05, 4.69) is 94.4 Å². The molecule has 1 aliphatic rings. The largest absolute Gasteiger partial charge is 0.0920 e. The van der Waals surface area contributed by atoms with Gasteiger partial charge in [-0.15, -0.1) is 0 Å². The summed E-state index contributed by atoms with van der Waals surface area (Å²) in [5, 5.41) is 1.60. The molecule has 4 rings (SSSR count). The van der Waals surface area contributed by atoms with Crippen LogP contribution in [0.4, 0.5) is 0 Å². The summed E-state index contributed by atoms with van der Waals surface area (Å²) in [6, 6.07) is 25.1. The van der Waals surface area contributed by atoms with Crippen molar-refractivity contribution in [2.45, 2.75) is 52.1 Å². The average Bonchev–Trinajstić information content (AvgIpc) is 2.68. The average molecular weight is 385 g/mol. The quantitative estimate of drug-likeness (QED) is 0.406. The van der Waals surface area contributed by atoms with Gasteiger partial charge in [0.05, 0.1) is 0 Å². The zero-order valence-corrected chi connectivity index (χ0v) is 18.3. The van der Waals surface area contributed by atoms with Crippen molar-refractivity contribution in [1.82, 2.24) is 0 Å². The SMILES string of the molecule is Cc1ccc(C2=PC(c3ccc(C)cc3C)CC(c3ccccc3)C2)c(C)c1. The molecular weight excluding hydrogens is 355 g/mol.